The van der Waals surface area contributed by atoms with Crippen LogP contribution in [0.15, 0.2) is 11.6 Å². The third-order valence-electron chi connectivity index (χ3n) is 2.07. The van der Waals surface area contributed by atoms with Crippen LogP contribution in [-0.4, -0.2) is 12.1 Å². The minimum atomic E-state index is -0.186. The molecule has 0 aliphatic rings. The van der Waals surface area contributed by atoms with Gasteiger partial charge in [0.05, 0.1) is 0 Å². The predicted octanol–water partition coefficient (Wildman–Crippen LogP) is 3.07. The fraction of sp³-hybridized carbons (Fsp3) is 0.727. The summed E-state index contributed by atoms with van der Waals surface area (Å²) in [5, 5.41) is 0. The molecule has 0 bridgehead atoms. The Labute approximate surface area is 81.0 Å². The summed E-state index contributed by atoms with van der Waals surface area (Å²) >= 11 is 0. The van der Waals surface area contributed by atoms with Gasteiger partial charge in [-0.2, -0.15) is 0 Å². The number of esters is 1. The van der Waals surface area contributed by atoms with Crippen LogP contribution in [0.3, 0.4) is 0 Å². The number of carbonyl (C=O) groups excluding carboxylic acids is 1. The van der Waals surface area contributed by atoms with Crippen molar-refractivity contribution >= 4 is 5.97 Å². The summed E-state index contributed by atoms with van der Waals surface area (Å²) in [6.45, 7) is 7.71. The van der Waals surface area contributed by atoms with E-state index in [0.29, 0.717) is 0 Å². The van der Waals surface area contributed by atoms with Gasteiger partial charge in [-0.25, -0.2) is 0 Å². The lowest BCUT2D eigenvalue weighted by Gasteiger charge is -2.12. The lowest BCUT2D eigenvalue weighted by atomic mass is 10.1. The maximum absolute atomic E-state index is 10.7. The van der Waals surface area contributed by atoms with Crippen molar-refractivity contribution in [1.29, 1.82) is 0 Å². The first-order valence-electron chi connectivity index (χ1n) is 4.93. The first kappa shape index (κ1) is 12.2. The second kappa shape index (κ2) is 6.70. The van der Waals surface area contributed by atoms with Gasteiger partial charge in [-0.1, -0.05) is 25.5 Å². The van der Waals surface area contributed by atoms with Crippen LogP contribution in [0.5, 0.6) is 0 Å². The van der Waals surface area contributed by atoms with Gasteiger partial charge in [-0.3, -0.25) is 4.79 Å². The number of carbonyl (C=O) groups is 1. The van der Waals surface area contributed by atoms with E-state index in [1.54, 1.807) is 0 Å². The van der Waals surface area contributed by atoms with E-state index in [1.807, 2.05) is 6.92 Å². The molecule has 13 heavy (non-hydrogen) atoms. The van der Waals surface area contributed by atoms with Crippen LogP contribution in [0.4, 0.5) is 0 Å². The van der Waals surface area contributed by atoms with Gasteiger partial charge >= 0.3 is 5.97 Å². The summed E-state index contributed by atoms with van der Waals surface area (Å²) in [4.78, 5) is 10.7. The standard InChI is InChI=1S/C11H20O2/c1-5-9(3)7-8-11(6-2)13-10(4)12/h7,11H,5-6,8H2,1-4H3/b9-7+/t11-/m0/s1. The first-order chi connectivity index (χ1) is 6.10. The van der Waals surface area contributed by atoms with Crippen LogP contribution < -0.4 is 0 Å². The first-order valence-corrected chi connectivity index (χ1v) is 4.93. The Kier molecular flexibility index (Phi) is 6.29. The summed E-state index contributed by atoms with van der Waals surface area (Å²) in [6.07, 6.45) is 5.00. The van der Waals surface area contributed by atoms with Gasteiger partial charge in [0, 0.05) is 13.3 Å². The van der Waals surface area contributed by atoms with Crippen molar-refractivity contribution in [1.82, 2.24) is 0 Å². The molecule has 0 unspecified atom stereocenters. The van der Waals surface area contributed by atoms with E-state index in [-0.39, 0.29) is 12.1 Å². The zero-order valence-electron chi connectivity index (χ0n) is 9.09. The van der Waals surface area contributed by atoms with E-state index in [4.69, 9.17) is 4.74 Å². The van der Waals surface area contributed by atoms with E-state index in [0.717, 1.165) is 19.3 Å². The summed E-state index contributed by atoms with van der Waals surface area (Å²) in [6, 6.07) is 0. The highest BCUT2D eigenvalue weighted by Gasteiger charge is 2.06. The molecule has 0 radical (unpaired) electrons. The molecule has 0 heterocycles. The average molecular weight is 184 g/mol. The Bertz CT molecular complexity index is 183. The SMILES string of the molecule is CC/C(C)=C/C[C@H](CC)OC(C)=O. The molecule has 0 amide bonds. The fourth-order valence-electron chi connectivity index (χ4n) is 1.01. The molecular formula is C11H20O2. The molecule has 0 fully saturated rings. The number of rotatable bonds is 5. The number of allylic oxidation sites excluding steroid dienone is 1. The van der Waals surface area contributed by atoms with Crippen molar-refractivity contribution in [2.75, 3.05) is 0 Å². The molecule has 0 saturated heterocycles. The van der Waals surface area contributed by atoms with E-state index in [9.17, 15) is 4.79 Å². The van der Waals surface area contributed by atoms with Crippen molar-refractivity contribution < 1.29 is 9.53 Å². The maximum Gasteiger partial charge on any atom is 0.302 e. The Balaban J connectivity index is 3.91. The lowest BCUT2D eigenvalue weighted by molar-refractivity contribution is -0.146. The van der Waals surface area contributed by atoms with E-state index in [1.165, 1.54) is 12.5 Å². The Morgan fingerprint density at radius 3 is 2.38 bits per heavy atom. The highest BCUT2D eigenvalue weighted by atomic mass is 16.5. The molecule has 1 atom stereocenters. The van der Waals surface area contributed by atoms with E-state index in [2.05, 4.69) is 19.9 Å². The fourth-order valence-corrected chi connectivity index (χ4v) is 1.01. The van der Waals surface area contributed by atoms with Crippen LogP contribution in [0, 0.1) is 0 Å². The molecule has 0 N–H and O–H groups in total. The van der Waals surface area contributed by atoms with Gasteiger partial charge in [0.15, 0.2) is 0 Å². The topological polar surface area (TPSA) is 26.3 Å². The number of hydrogen-bond donors (Lipinski definition) is 0. The summed E-state index contributed by atoms with van der Waals surface area (Å²) in [5.74, 6) is -0.186. The lowest BCUT2D eigenvalue weighted by Crippen LogP contribution is -2.14. The van der Waals surface area contributed by atoms with Crippen molar-refractivity contribution in [3.05, 3.63) is 11.6 Å². The minimum absolute atomic E-state index is 0.0546. The van der Waals surface area contributed by atoms with Crippen LogP contribution in [0.25, 0.3) is 0 Å². The molecule has 0 spiro atoms. The van der Waals surface area contributed by atoms with Crippen molar-refractivity contribution in [2.24, 2.45) is 0 Å². The maximum atomic E-state index is 10.7. The molecule has 0 aromatic heterocycles. The zero-order valence-corrected chi connectivity index (χ0v) is 9.09. The van der Waals surface area contributed by atoms with Gasteiger partial charge in [0.2, 0.25) is 0 Å². The van der Waals surface area contributed by atoms with Gasteiger partial charge in [-0.15, -0.1) is 0 Å². The summed E-state index contributed by atoms with van der Waals surface area (Å²) < 4.78 is 5.11. The van der Waals surface area contributed by atoms with Crippen LogP contribution in [0.2, 0.25) is 0 Å². The average Bonchev–Trinajstić information content (AvgIpc) is 2.10. The summed E-state index contributed by atoms with van der Waals surface area (Å²) in [7, 11) is 0. The van der Waals surface area contributed by atoms with Crippen molar-refractivity contribution in [3.63, 3.8) is 0 Å². The highest BCUT2D eigenvalue weighted by Crippen LogP contribution is 2.08. The van der Waals surface area contributed by atoms with Crippen molar-refractivity contribution in [3.8, 4) is 0 Å². The molecule has 0 aromatic carbocycles. The van der Waals surface area contributed by atoms with Crippen molar-refractivity contribution in [2.45, 2.75) is 53.1 Å². The third-order valence-corrected chi connectivity index (χ3v) is 2.07. The second-order valence-corrected chi connectivity index (χ2v) is 3.28. The van der Waals surface area contributed by atoms with Gasteiger partial charge in [0.1, 0.15) is 6.10 Å². The zero-order chi connectivity index (χ0) is 10.3. The minimum Gasteiger partial charge on any atom is -0.462 e. The third kappa shape index (κ3) is 6.38. The van der Waals surface area contributed by atoms with Crippen LogP contribution in [-0.2, 0) is 9.53 Å². The highest BCUT2D eigenvalue weighted by molar-refractivity contribution is 5.66. The van der Waals surface area contributed by atoms with Gasteiger partial charge < -0.3 is 4.74 Å². The largest absolute Gasteiger partial charge is 0.462 e. The predicted molar refractivity (Wildman–Crippen MR) is 54.5 cm³/mol. The smallest absolute Gasteiger partial charge is 0.302 e. The van der Waals surface area contributed by atoms with Crippen LogP contribution in [0.1, 0.15) is 47.0 Å². The molecule has 0 rings (SSSR count). The second-order valence-electron chi connectivity index (χ2n) is 3.28. The normalized spacial score (nSPS) is 14.0. The van der Waals surface area contributed by atoms with E-state index >= 15 is 0 Å². The number of hydrogen-bond acceptors (Lipinski definition) is 2. The molecule has 2 nitrogen and oxygen atoms in total. The Morgan fingerprint density at radius 1 is 1.38 bits per heavy atom. The number of ether oxygens (including phenoxy) is 1. The molecule has 0 saturated carbocycles. The molecule has 0 aliphatic heterocycles. The quantitative estimate of drug-likeness (QED) is 0.485. The summed E-state index contributed by atoms with van der Waals surface area (Å²) in [5.41, 5.74) is 1.35. The van der Waals surface area contributed by atoms with E-state index < -0.39 is 0 Å². The molecule has 0 aliphatic carbocycles. The molecule has 76 valence electrons. The Hall–Kier alpha value is -0.790. The molecular weight excluding hydrogens is 164 g/mol. The monoisotopic (exact) mass is 184 g/mol. The van der Waals surface area contributed by atoms with Gasteiger partial charge in [-0.05, 0) is 19.8 Å². The van der Waals surface area contributed by atoms with Gasteiger partial charge in [0.25, 0.3) is 0 Å². The Morgan fingerprint density at radius 2 is 2.00 bits per heavy atom. The molecule has 2 heteroatoms. The van der Waals surface area contributed by atoms with Crippen LogP contribution >= 0.6 is 0 Å². The molecule has 0 aromatic rings.